The number of nitrogens with two attached hydrogens (primary N) is 1. The number of phosphoric ester groups is 1. The number of aliphatic carboxylic acids is 1. The highest BCUT2D eigenvalue weighted by atomic mass is 31.2. The van der Waals surface area contributed by atoms with Crippen LogP contribution in [0.2, 0.25) is 0 Å². The number of carbonyl (C=O) groups excluding carboxylic acids is 2. The number of allylic oxidation sites excluding steroid dienone is 12. The highest BCUT2D eigenvalue weighted by Crippen LogP contribution is 2.43. The van der Waals surface area contributed by atoms with E-state index in [1.54, 1.807) is 0 Å². The molecular formula is C32H50NO10P. The molecule has 0 aromatic heterocycles. The fourth-order valence-electron chi connectivity index (χ4n) is 3.17. The van der Waals surface area contributed by atoms with Gasteiger partial charge < -0.3 is 25.2 Å². The van der Waals surface area contributed by atoms with Gasteiger partial charge in [0.05, 0.1) is 13.2 Å². The fourth-order valence-corrected chi connectivity index (χ4v) is 3.95. The first kappa shape index (κ1) is 40.9. The van der Waals surface area contributed by atoms with Crippen molar-refractivity contribution in [3.63, 3.8) is 0 Å². The highest BCUT2D eigenvalue weighted by Gasteiger charge is 2.28. The Morgan fingerprint density at radius 1 is 0.727 bits per heavy atom. The normalized spacial score (nSPS) is 15.2. The predicted octanol–water partition coefficient (Wildman–Crippen LogP) is 6.26. The summed E-state index contributed by atoms with van der Waals surface area (Å²) >= 11 is 0. The third-order valence-corrected chi connectivity index (χ3v) is 6.53. The van der Waals surface area contributed by atoms with E-state index in [0.29, 0.717) is 19.3 Å². The number of rotatable bonds is 26. The Bertz CT molecular complexity index is 1030. The molecule has 0 aliphatic carbocycles. The lowest BCUT2D eigenvalue weighted by molar-refractivity contribution is -0.161. The quantitative estimate of drug-likeness (QED) is 0.0320. The summed E-state index contributed by atoms with van der Waals surface area (Å²) in [6, 6.07) is -1.54. The van der Waals surface area contributed by atoms with Crippen molar-refractivity contribution in [2.75, 3.05) is 19.8 Å². The number of carbonyl (C=O) groups is 3. The summed E-state index contributed by atoms with van der Waals surface area (Å²) in [5.41, 5.74) is 5.27. The summed E-state index contributed by atoms with van der Waals surface area (Å²) in [7, 11) is -4.73. The van der Waals surface area contributed by atoms with Gasteiger partial charge in [-0.2, -0.15) is 0 Å². The van der Waals surface area contributed by atoms with Crippen molar-refractivity contribution in [1.29, 1.82) is 0 Å². The molecule has 44 heavy (non-hydrogen) atoms. The van der Waals surface area contributed by atoms with E-state index in [1.807, 2.05) is 66.8 Å². The van der Waals surface area contributed by atoms with Crippen molar-refractivity contribution in [3.05, 3.63) is 72.9 Å². The Morgan fingerprint density at radius 2 is 1.32 bits per heavy atom. The van der Waals surface area contributed by atoms with Gasteiger partial charge in [0.25, 0.3) is 0 Å². The van der Waals surface area contributed by atoms with E-state index in [1.165, 1.54) is 0 Å². The average molecular weight is 640 g/mol. The number of carboxylic acids is 1. The molecule has 0 fully saturated rings. The molecule has 12 heteroatoms. The van der Waals surface area contributed by atoms with Crippen LogP contribution >= 0.6 is 7.82 Å². The molecule has 0 bridgehead atoms. The van der Waals surface area contributed by atoms with E-state index in [9.17, 15) is 23.8 Å². The van der Waals surface area contributed by atoms with E-state index in [2.05, 4.69) is 24.4 Å². The van der Waals surface area contributed by atoms with E-state index in [0.717, 1.165) is 32.1 Å². The Kier molecular flexibility index (Phi) is 25.5. The Hall–Kier alpha value is -3.08. The second-order valence-electron chi connectivity index (χ2n) is 9.62. The third-order valence-electron chi connectivity index (χ3n) is 5.58. The topological polar surface area (TPSA) is 172 Å². The van der Waals surface area contributed by atoms with Crippen molar-refractivity contribution >= 4 is 25.7 Å². The van der Waals surface area contributed by atoms with Crippen LogP contribution in [-0.4, -0.2) is 59.9 Å². The van der Waals surface area contributed by atoms with Gasteiger partial charge in [-0.05, 0) is 38.5 Å². The van der Waals surface area contributed by atoms with Crippen LogP contribution in [0, 0.1) is 0 Å². The standard InChI is InChI=1S/C32H50NO10P/c1-3-5-7-9-11-12-13-14-15-16-18-20-22-24-31(35)43-28(26-41-44(38,39)42-27-29(33)32(36)37)25-40-30(34)23-21-19-17-10-8-6-4-2/h5,7,9,11-19,28-29H,3-4,6,8,10,20-27,33H2,1-2H3,(H,36,37)(H,38,39)/b7-5+,11-9+,13-12+,15-14+,18-16+,19-17+/t28?,29-/m0/s1. The third kappa shape index (κ3) is 26.5. The van der Waals surface area contributed by atoms with Crippen molar-refractivity contribution in [2.24, 2.45) is 5.73 Å². The maximum Gasteiger partial charge on any atom is 0.472 e. The summed E-state index contributed by atoms with van der Waals surface area (Å²) in [6.07, 6.45) is 29.0. The number of hydrogen-bond acceptors (Lipinski definition) is 9. The van der Waals surface area contributed by atoms with Crippen LogP contribution in [-0.2, 0) is 37.5 Å². The molecule has 2 unspecified atom stereocenters. The number of esters is 2. The van der Waals surface area contributed by atoms with Crippen LogP contribution in [0.3, 0.4) is 0 Å². The molecule has 11 nitrogen and oxygen atoms in total. The largest absolute Gasteiger partial charge is 0.480 e. The molecule has 0 spiro atoms. The number of ether oxygens (including phenoxy) is 2. The SMILES string of the molecule is CC/C=C/C=C/C=C/C=C/C=C/CCCC(=O)OC(COC(=O)CC/C=C/CCCCC)COP(=O)(O)OC[C@H](N)C(=O)O. The lowest BCUT2D eigenvalue weighted by atomic mass is 10.2. The minimum atomic E-state index is -4.73. The zero-order valence-electron chi connectivity index (χ0n) is 26.0. The molecule has 0 rings (SSSR count). The Morgan fingerprint density at radius 3 is 1.95 bits per heavy atom. The van der Waals surface area contributed by atoms with E-state index < -0.39 is 57.7 Å². The maximum atomic E-state index is 12.4. The number of unbranched alkanes of at least 4 members (excludes halogenated alkanes) is 4. The minimum Gasteiger partial charge on any atom is -0.480 e. The van der Waals surface area contributed by atoms with Gasteiger partial charge in [-0.1, -0.05) is 99.6 Å². The molecule has 0 aliphatic heterocycles. The molecule has 0 amide bonds. The molecule has 4 N–H and O–H groups in total. The summed E-state index contributed by atoms with van der Waals surface area (Å²) in [5.74, 6) is -2.56. The van der Waals surface area contributed by atoms with Gasteiger partial charge in [0.1, 0.15) is 12.6 Å². The molecule has 0 saturated heterocycles. The van der Waals surface area contributed by atoms with Crippen LogP contribution < -0.4 is 5.73 Å². The van der Waals surface area contributed by atoms with Crippen LogP contribution in [0.25, 0.3) is 0 Å². The van der Waals surface area contributed by atoms with Gasteiger partial charge in [-0.25, -0.2) is 4.57 Å². The monoisotopic (exact) mass is 639 g/mol. The van der Waals surface area contributed by atoms with E-state index in [4.69, 9.17) is 24.8 Å². The number of hydrogen-bond donors (Lipinski definition) is 3. The Labute approximate surface area is 261 Å². The van der Waals surface area contributed by atoms with E-state index in [-0.39, 0.29) is 12.8 Å². The average Bonchev–Trinajstić information content (AvgIpc) is 2.99. The molecule has 0 aromatic rings. The van der Waals surface area contributed by atoms with Crippen molar-refractivity contribution in [1.82, 2.24) is 0 Å². The zero-order valence-corrected chi connectivity index (χ0v) is 26.9. The van der Waals surface area contributed by atoms with E-state index >= 15 is 0 Å². The number of carboxylic acid groups (broad SMARTS) is 1. The van der Waals surface area contributed by atoms with Crippen molar-refractivity contribution in [3.8, 4) is 0 Å². The smallest absolute Gasteiger partial charge is 0.472 e. The highest BCUT2D eigenvalue weighted by molar-refractivity contribution is 7.47. The predicted molar refractivity (Wildman–Crippen MR) is 171 cm³/mol. The van der Waals surface area contributed by atoms with Crippen LogP contribution in [0.4, 0.5) is 0 Å². The van der Waals surface area contributed by atoms with Gasteiger partial charge in [0.15, 0.2) is 6.10 Å². The maximum absolute atomic E-state index is 12.4. The van der Waals surface area contributed by atoms with Crippen molar-refractivity contribution in [2.45, 2.75) is 90.2 Å². The minimum absolute atomic E-state index is 0.0536. The first-order valence-electron chi connectivity index (χ1n) is 15.0. The second-order valence-corrected chi connectivity index (χ2v) is 11.1. The fraction of sp³-hybridized carbons (Fsp3) is 0.531. The molecule has 248 valence electrons. The summed E-state index contributed by atoms with van der Waals surface area (Å²) in [4.78, 5) is 45.2. The van der Waals surface area contributed by atoms with Crippen molar-refractivity contribution < 1.29 is 47.5 Å². The van der Waals surface area contributed by atoms with Gasteiger partial charge in [-0.3, -0.25) is 23.4 Å². The molecule has 0 heterocycles. The second kappa shape index (κ2) is 27.5. The van der Waals surface area contributed by atoms with Gasteiger partial charge in [-0.15, -0.1) is 0 Å². The lowest BCUT2D eigenvalue weighted by Gasteiger charge is -2.20. The molecule has 0 radical (unpaired) electrons. The Balaban J connectivity index is 4.78. The number of phosphoric acid groups is 1. The van der Waals surface area contributed by atoms with Crippen LogP contribution in [0.1, 0.15) is 78.1 Å². The molecule has 0 aromatic carbocycles. The lowest BCUT2D eigenvalue weighted by Crippen LogP contribution is -2.34. The summed E-state index contributed by atoms with van der Waals surface area (Å²) < 4.78 is 32.1. The van der Waals surface area contributed by atoms with Crippen LogP contribution in [0.5, 0.6) is 0 Å². The first-order valence-corrected chi connectivity index (χ1v) is 16.5. The molecular weight excluding hydrogens is 589 g/mol. The summed E-state index contributed by atoms with van der Waals surface area (Å²) in [5, 5.41) is 8.80. The molecule has 3 atom stereocenters. The zero-order chi connectivity index (χ0) is 32.9. The van der Waals surface area contributed by atoms with Gasteiger partial charge in [0.2, 0.25) is 0 Å². The van der Waals surface area contributed by atoms with Crippen LogP contribution in [0.15, 0.2) is 72.9 Å². The first-order chi connectivity index (χ1) is 21.1. The molecule has 0 saturated carbocycles. The van der Waals surface area contributed by atoms with Gasteiger partial charge >= 0.3 is 25.7 Å². The summed E-state index contributed by atoms with van der Waals surface area (Å²) in [6.45, 7) is 2.39. The molecule has 0 aliphatic rings. The van der Waals surface area contributed by atoms with Gasteiger partial charge in [0, 0.05) is 12.8 Å².